The molecule has 1 aromatic rings. The molecule has 1 aromatic heterocycles. The maximum absolute atomic E-state index is 12.7. The van der Waals surface area contributed by atoms with Crippen LogP contribution in [-0.4, -0.2) is 44.0 Å². The highest BCUT2D eigenvalue weighted by Gasteiger charge is 2.43. The molecule has 0 aromatic carbocycles. The number of rotatable bonds is 4. The van der Waals surface area contributed by atoms with Crippen molar-refractivity contribution in [3.05, 3.63) is 29.6 Å². The lowest BCUT2D eigenvalue weighted by Crippen LogP contribution is -2.47. The third-order valence-electron chi connectivity index (χ3n) is 3.40. The Morgan fingerprint density at radius 3 is 2.86 bits per heavy atom. The van der Waals surface area contributed by atoms with Gasteiger partial charge in [0.1, 0.15) is 6.04 Å². The lowest BCUT2D eigenvalue weighted by molar-refractivity contribution is -0.141. The molecule has 0 bridgehead atoms. The van der Waals surface area contributed by atoms with Gasteiger partial charge < -0.3 is 15.7 Å². The fourth-order valence-corrected chi connectivity index (χ4v) is 3.83. The summed E-state index contributed by atoms with van der Waals surface area (Å²) in [6.45, 7) is 4.21. The van der Waals surface area contributed by atoms with E-state index in [0.29, 0.717) is 17.0 Å². The first-order valence-corrected chi connectivity index (χ1v) is 7.82. The van der Waals surface area contributed by atoms with Crippen LogP contribution < -0.4 is 5.73 Å². The smallest absolute Gasteiger partial charge is 0.327 e. The van der Waals surface area contributed by atoms with Gasteiger partial charge >= 0.3 is 5.97 Å². The van der Waals surface area contributed by atoms with Crippen molar-refractivity contribution >= 4 is 23.6 Å². The average Bonchev–Trinajstić information content (AvgIpc) is 2.91. The van der Waals surface area contributed by atoms with Gasteiger partial charge in [0.15, 0.2) is 0 Å². The zero-order valence-electron chi connectivity index (χ0n) is 12.0. The maximum atomic E-state index is 12.7. The Morgan fingerprint density at radius 2 is 2.29 bits per heavy atom. The molecule has 1 fully saturated rings. The van der Waals surface area contributed by atoms with Crippen molar-refractivity contribution in [1.82, 2.24) is 9.88 Å². The molecule has 1 saturated heterocycles. The highest BCUT2D eigenvalue weighted by atomic mass is 32.2. The van der Waals surface area contributed by atoms with Crippen molar-refractivity contribution < 1.29 is 14.7 Å². The SMILES string of the molecule is CC(C)C1SCC(C(=O)O)N1C(=O)c1ccnc(CN)c1. The van der Waals surface area contributed by atoms with Crippen LogP contribution in [0.25, 0.3) is 0 Å². The summed E-state index contributed by atoms with van der Waals surface area (Å²) >= 11 is 1.51. The van der Waals surface area contributed by atoms with E-state index in [9.17, 15) is 14.7 Å². The number of hydrogen-bond donors (Lipinski definition) is 2. The molecule has 2 atom stereocenters. The van der Waals surface area contributed by atoms with Crippen LogP contribution in [0.3, 0.4) is 0 Å². The largest absolute Gasteiger partial charge is 0.480 e. The van der Waals surface area contributed by atoms with Crippen LogP contribution in [0, 0.1) is 5.92 Å². The number of aliphatic carboxylic acids is 1. The van der Waals surface area contributed by atoms with Crippen molar-refractivity contribution in [3.8, 4) is 0 Å². The zero-order valence-corrected chi connectivity index (χ0v) is 12.8. The summed E-state index contributed by atoms with van der Waals surface area (Å²) in [5, 5.41) is 9.21. The molecule has 3 N–H and O–H groups in total. The number of pyridine rings is 1. The second-order valence-electron chi connectivity index (χ2n) is 5.27. The van der Waals surface area contributed by atoms with Gasteiger partial charge in [0.2, 0.25) is 0 Å². The topological polar surface area (TPSA) is 96.5 Å². The molecule has 1 aliphatic rings. The first kappa shape index (κ1) is 15.8. The minimum absolute atomic E-state index is 0.131. The van der Waals surface area contributed by atoms with Crippen LogP contribution in [0.1, 0.15) is 29.9 Å². The number of carboxylic acid groups (broad SMARTS) is 1. The Bertz CT molecular complexity index is 550. The minimum atomic E-state index is -0.966. The van der Waals surface area contributed by atoms with E-state index in [4.69, 9.17) is 5.73 Å². The van der Waals surface area contributed by atoms with Gasteiger partial charge in [-0.25, -0.2) is 4.79 Å². The van der Waals surface area contributed by atoms with Gasteiger partial charge in [-0.15, -0.1) is 11.8 Å². The number of carbonyl (C=O) groups is 2. The van der Waals surface area contributed by atoms with Crippen molar-refractivity contribution in [2.24, 2.45) is 11.7 Å². The fourth-order valence-electron chi connectivity index (χ4n) is 2.36. The van der Waals surface area contributed by atoms with Crippen molar-refractivity contribution in [3.63, 3.8) is 0 Å². The predicted molar refractivity (Wildman–Crippen MR) is 80.8 cm³/mol. The van der Waals surface area contributed by atoms with Crippen molar-refractivity contribution in [2.75, 3.05) is 5.75 Å². The van der Waals surface area contributed by atoms with Crippen LogP contribution in [-0.2, 0) is 11.3 Å². The fraction of sp³-hybridized carbons (Fsp3) is 0.500. The molecule has 0 radical (unpaired) electrons. The van der Waals surface area contributed by atoms with Crippen LogP contribution in [0.15, 0.2) is 18.3 Å². The van der Waals surface area contributed by atoms with Gasteiger partial charge in [-0.3, -0.25) is 9.78 Å². The summed E-state index contributed by atoms with van der Waals surface area (Å²) in [5.41, 5.74) is 6.58. The van der Waals surface area contributed by atoms with E-state index < -0.39 is 12.0 Å². The summed E-state index contributed by atoms with van der Waals surface area (Å²) in [5.74, 6) is -0.645. The highest BCUT2D eigenvalue weighted by molar-refractivity contribution is 8.00. The number of carbonyl (C=O) groups excluding carboxylic acids is 1. The number of thioether (sulfide) groups is 1. The second kappa shape index (κ2) is 6.44. The standard InChI is InChI=1S/C14H19N3O3S/c1-8(2)13-17(11(7-21-13)14(19)20)12(18)9-3-4-16-10(5-9)6-15/h3-5,8,11,13H,6-7,15H2,1-2H3,(H,19,20). The van der Waals surface area contributed by atoms with E-state index in [2.05, 4.69) is 4.98 Å². The summed E-state index contributed by atoms with van der Waals surface area (Å²) in [6.07, 6.45) is 1.53. The van der Waals surface area contributed by atoms with E-state index in [1.165, 1.54) is 22.9 Å². The Hall–Kier alpha value is -1.60. The molecule has 2 rings (SSSR count). The molecule has 1 aliphatic heterocycles. The van der Waals surface area contributed by atoms with Crippen LogP contribution in [0.4, 0.5) is 0 Å². The van der Waals surface area contributed by atoms with Gasteiger partial charge in [0, 0.05) is 24.1 Å². The molecule has 0 aliphatic carbocycles. The predicted octanol–water partition coefficient (Wildman–Crippen LogP) is 1.16. The first-order valence-electron chi connectivity index (χ1n) is 6.77. The third-order valence-corrected chi connectivity index (χ3v) is 5.02. The van der Waals surface area contributed by atoms with E-state index in [-0.39, 0.29) is 23.7 Å². The van der Waals surface area contributed by atoms with Gasteiger partial charge in [-0.1, -0.05) is 13.8 Å². The Balaban J connectivity index is 2.34. The maximum Gasteiger partial charge on any atom is 0.327 e. The summed E-state index contributed by atoms with van der Waals surface area (Å²) in [7, 11) is 0. The Labute approximate surface area is 127 Å². The molecule has 2 unspecified atom stereocenters. The molecule has 6 nitrogen and oxygen atoms in total. The number of aromatic nitrogens is 1. The number of amides is 1. The summed E-state index contributed by atoms with van der Waals surface area (Å²) in [4.78, 5) is 29.7. The molecule has 7 heteroatoms. The Kier molecular flexibility index (Phi) is 4.84. The average molecular weight is 309 g/mol. The quantitative estimate of drug-likeness (QED) is 0.866. The first-order chi connectivity index (χ1) is 9.95. The highest BCUT2D eigenvalue weighted by Crippen LogP contribution is 2.35. The minimum Gasteiger partial charge on any atom is -0.480 e. The number of nitrogens with two attached hydrogens (primary N) is 1. The monoisotopic (exact) mass is 309 g/mol. The summed E-state index contributed by atoms with van der Waals surface area (Å²) < 4.78 is 0. The van der Waals surface area contributed by atoms with E-state index in [1.54, 1.807) is 12.1 Å². The van der Waals surface area contributed by atoms with Crippen LogP contribution in [0.2, 0.25) is 0 Å². The van der Waals surface area contributed by atoms with Crippen molar-refractivity contribution in [2.45, 2.75) is 31.8 Å². The number of hydrogen-bond acceptors (Lipinski definition) is 5. The van der Waals surface area contributed by atoms with Crippen molar-refractivity contribution in [1.29, 1.82) is 0 Å². The molecule has 0 spiro atoms. The Morgan fingerprint density at radius 1 is 1.57 bits per heavy atom. The van der Waals surface area contributed by atoms with E-state index >= 15 is 0 Å². The van der Waals surface area contributed by atoms with E-state index in [0.717, 1.165) is 0 Å². The molecule has 114 valence electrons. The second-order valence-corrected chi connectivity index (χ2v) is 6.42. The van der Waals surface area contributed by atoms with Crippen LogP contribution in [0.5, 0.6) is 0 Å². The zero-order chi connectivity index (χ0) is 15.6. The van der Waals surface area contributed by atoms with Gasteiger partial charge in [-0.05, 0) is 18.1 Å². The lowest BCUT2D eigenvalue weighted by Gasteiger charge is -2.29. The lowest BCUT2D eigenvalue weighted by atomic mass is 10.1. The summed E-state index contributed by atoms with van der Waals surface area (Å²) in [6, 6.07) is 2.44. The van der Waals surface area contributed by atoms with Gasteiger partial charge in [0.25, 0.3) is 5.91 Å². The number of nitrogens with zero attached hydrogens (tertiary/aromatic N) is 2. The normalized spacial score (nSPS) is 21.8. The molecule has 1 amide bonds. The van der Waals surface area contributed by atoms with E-state index in [1.807, 2.05) is 13.8 Å². The van der Waals surface area contributed by atoms with Gasteiger partial charge in [-0.2, -0.15) is 0 Å². The van der Waals surface area contributed by atoms with Crippen LogP contribution >= 0.6 is 11.8 Å². The molecular weight excluding hydrogens is 290 g/mol. The molecule has 21 heavy (non-hydrogen) atoms. The van der Waals surface area contributed by atoms with Gasteiger partial charge in [0.05, 0.1) is 11.1 Å². The molecule has 0 saturated carbocycles. The molecular formula is C14H19N3O3S. The number of carboxylic acids is 1. The molecule has 2 heterocycles. The third kappa shape index (κ3) is 3.19.